The van der Waals surface area contributed by atoms with Gasteiger partial charge in [-0.05, 0) is 43.4 Å². The predicted molar refractivity (Wildman–Crippen MR) is 82.1 cm³/mol. The molecule has 1 aromatic heterocycles. The van der Waals surface area contributed by atoms with Gasteiger partial charge in [-0.2, -0.15) is 5.10 Å². The van der Waals surface area contributed by atoms with Gasteiger partial charge in [-0.15, -0.1) is 0 Å². The van der Waals surface area contributed by atoms with Crippen LogP contribution >= 0.6 is 0 Å². The van der Waals surface area contributed by atoms with E-state index in [1.807, 2.05) is 12.3 Å². The average Bonchev–Trinajstić information content (AvgIpc) is 3.23. The van der Waals surface area contributed by atoms with E-state index in [9.17, 15) is 4.39 Å². The number of likely N-dealkylation sites (tertiary alicyclic amines) is 1. The van der Waals surface area contributed by atoms with Crippen molar-refractivity contribution in [3.8, 4) is 17.0 Å². The Morgan fingerprint density at radius 1 is 1.41 bits per heavy atom. The first-order chi connectivity index (χ1) is 10.7. The van der Waals surface area contributed by atoms with Gasteiger partial charge in [0.2, 0.25) is 0 Å². The summed E-state index contributed by atoms with van der Waals surface area (Å²) in [7, 11) is 1.47. The zero-order chi connectivity index (χ0) is 15.1. The van der Waals surface area contributed by atoms with E-state index in [1.165, 1.54) is 39.0 Å². The summed E-state index contributed by atoms with van der Waals surface area (Å²) in [4.78, 5) is 2.54. The van der Waals surface area contributed by atoms with Gasteiger partial charge in [-0.3, -0.25) is 10.00 Å². The lowest BCUT2D eigenvalue weighted by Crippen LogP contribution is -2.31. The fourth-order valence-electron chi connectivity index (χ4n) is 3.94. The number of nitrogens with one attached hydrogen (secondary N) is 1. The highest BCUT2D eigenvalue weighted by molar-refractivity contribution is 5.63. The normalized spacial score (nSPS) is 24.1. The summed E-state index contributed by atoms with van der Waals surface area (Å²) in [6.07, 6.45) is 5.89. The highest BCUT2D eigenvalue weighted by Gasteiger charge is 2.37. The number of H-pyrrole nitrogens is 1. The zero-order valence-corrected chi connectivity index (χ0v) is 12.7. The minimum absolute atomic E-state index is 0.265. The molecule has 2 heterocycles. The molecule has 2 aliphatic rings. The van der Waals surface area contributed by atoms with Gasteiger partial charge in [0.15, 0.2) is 11.6 Å². The van der Waals surface area contributed by atoms with Crippen molar-refractivity contribution >= 4 is 0 Å². The molecule has 0 radical (unpaired) electrons. The Labute approximate surface area is 129 Å². The van der Waals surface area contributed by atoms with Crippen molar-refractivity contribution in [2.45, 2.75) is 31.8 Å². The fraction of sp³-hybridized carbons (Fsp3) is 0.471. The Hall–Kier alpha value is -1.88. The van der Waals surface area contributed by atoms with E-state index in [0.717, 1.165) is 35.3 Å². The number of aromatic amines is 1. The van der Waals surface area contributed by atoms with Crippen LogP contribution in [0, 0.1) is 11.7 Å². The number of benzene rings is 1. The number of piperidine rings is 1. The minimum Gasteiger partial charge on any atom is -0.494 e. The summed E-state index contributed by atoms with van der Waals surface area (Å²) >= 11 is 0. The molecule has 1 aromatic carbocycles. The van der Waals surface area contributed by atoms with Crippen molar-refractivity contribution in [1.29, 1.82) is 0 Å². The van der Waals surface area contributed by atoms with Crippen molar-refractivity contribution in [3.63, 3.8) is 0 Å². The number of hydrogen-bond acceptors (Lipinski definition) is 3. The van der Waals surface area contributed by atoms with Gasteiger partial charge in [-0.25, -0.2) is 4.39 Å². The average molecular weight is 301 g/mol. The molecular formula is C17H20FN3O. The Kier molecular flexibility index (Phi) is 3.37. The van der Waals surface area contributed by atoms with Crippen LogP contribution in [0.2, 0.25) is 0 Å². The van der Waals surface area contributed by atoms with Crippen LogP contribution in [0.5, 0.6) is 5.75 Å². The Bertz CT molecular complexity index is 684. The van der Waals surface area contributed by atoms with E-state index in [-0.39, 0.29) is 11.6 Å². The van der Waals surface area contributed by atoms with E-state index < -0.39 is 0 Å². The first kappa shape index (κ1) is 13.8. The highest BCUT2D eigenvalue weighted by atomic mass is 19.1. The molecule has 0 unspecified atom stereocenters. The van der Waals surface area contributed by atoms with Crippen molar-refractivity contribution in [2.24, 2.45) is 5.92 Å². The first-order valence-corrected chi connectivity index (χ1v) is 7.85. The fourth-order valence-corrected chi connectivity index (χ4v) is 3.94. The molecule has 1 N–H and O–H groups in total. The maximum Gasteiger partial charge on any atom is 0.165 e. The van der Waals surface area contributed by atoms with E-state index >= 15 is 0 Å². The molecule has 0 amide bonds. The van der Waals surface area contributed by atoms with Crippen LogP contribution in [0.4, 0.5) is 4.39 Å². The number of halogens is 1. The Balaban J connectivity index is 1.58. The van der Waals surface area contributed by atoms with E-state index in [2.05, 4.69) is 15.1 Å². The summed E-state index contributed by atoms with van der Waals surface area (Å²) in [5, 5.41) is 7.19. The molecular weight excluding hydrogens is 281 g/mol. The second-order valence-electron chi connectivity index (χ2n) is 6.38. The van der Waals surface area contributed by atoms with Gasteiger partial charge in [0.25, 0.3) is 0 Å². The van der Waals surface area contributed by atoms with Gasteiger partial charge >= 0.3 is 0 Å². The molecule has 22 heavy (non-hydrogen) atoms. The lowest BCUT2D eigenvalue weighted by Gasteiger charge is -2.26. The Morgan fingerprint density at radius 2 is 2.32 bits per heavy atom. The van der Waals surface area contributed by atoms with E-state index in [4.69, 9.17) is 4.74 Å². The smallest absolute Gasteiger partial charge is 0.165 e. The van der Waals surface area contributed by atoms with Crippen molar-refractivity contribution in [2.75, 3.05) is 13.7 Å². The van der Waals surface area contributed by atoms with Crippen LogP contribution in [-0.2, 0) is 6.54 Å². The van der Waals surface area contributed by atoms with Crippen molar-refractivity contribution < 1.29 is 9.13 Å². The summed E-state index contributed by atoms with van der Waals surface area (Å²) in [5.74, 6) is 0.793. The van der Waals surface area contributed by atoms with Crippen LogP contribution in [0.25, 0.3) is 11.3 Å². The lowest BCUT2D eigenvalue weighted by molar-refractivity contribution is 0.205. The van der Waals surface area contributed by atoms with Gasteiger partial charge in [0.05, 0.1) is 19.0 Å². The van der Waals surface area contributed by atoms with Gasteiger partial charge in [-0.1, -0.05) is 0 Å². The molecule has 4 rings (SSSR count). The second kappa shape index (κ2) is 5.39. The maximum atomic E-state index is 13.9. The third-order valence-electron chi connectivity index (χ3n) is 5.05. The molecule has 4 nitrogen and oxygen atoms in total. The Morgan fingerprint density at radius 3 is 3.00 bits per heavy atom. The molecule has 116 valence electrons. The zero-order valence-electron chi connectivity index (χ0n) is 12.7. The largest absolute Gasteiger partial charge is 0.494 e. The van der Waals surface area contributed by atoms with Gasteiger partial charge in [0.1, 0.15) is 0 Å². The minimum atomic E-state index is -0.347. The highest BCUT2D eigenvalue weighted by Crippen LogP contribution is 2.38. The number of rotatable bonds is 4. The number of ether oxygens (including phenoxy) is 1. The number of aromatic nitrogens is 2. The predicted octanol–water partition coefficient (Wildman–Crippen LogP) is 3.21. The summed E-state index contributed by atoms with van der Waals surface area (Å²) in [6.45, 7) is 2.08. The standard InChI is InChI=1S/C17H20FN3O/c1-22-16-5-3-12(7-15(16)18)17-13(8-19-20-17)10-21-9-11-2-4-14(21)6-11/h3,5,7-8,11,14H,2,4,6,9-10H2,1H3,(H,19,20)/t11-,14-/m0/s1. The summed E-state index contributed by atoms with van der Waals surface area (Å²) < 4.78 is 18.9. The number of nitrogens with zero attached hydrogens (tertiary/aromatic N) is 2. The first-order valence-electron chi connectivity index (χ1n) is 7.85. The monoisotopic (exact) mass is 301 g/mol. The maximum absolute atomic E-state index is 13.9. The molecule has 1 saturated carbocycles. The molecule has 1 saturated heterocycles. The number of methoxy groups -OCH3 is 1. The third-order valence-corrected chi connectivity index (χ3v) is 5.05. The van der Waals surface area contributed by atoms with E-state index in [1.54, 1.807) is 6.07 Å². The van der Waals surface area contributed by atoms with Gasteiger partial charge < -0.3 is 4.74 Å². The quantitative estimate of drug-likeness (QED) is 0.943. The van der Waals surface area contributed by atoms with Crippen molar-refractivity contribution in [1.82, 2.24) is 15.1 Å². The van der Waals surface area contributed by atoms with Crippen LogP contribution < -0.4 is 4.74 Å². The SMILES string of the molecule is COc1ccc(-c2[nH]ncc2CN2C[C@H]3CC[C@H]2C3)cc1F. The molecule has 1 aliphatic carbocycles. The topological polar surface area (TPSA) is 41.1 Å². The van der Waals surface area contributed by atoms with Crippen LogP contribution in [-0.4, -0.2) is 34.8 Å². The van der Waals surface area contributed by atoms with Crippen LogP contribution in [0.1, 0.15) is 24.8 Å². The number of hydrogen-bond donors (Lipinski definition) is 1. The van der Waals surface area contributed by atoms with Gasteiger partial charge in [0, 0.05) is 30.3 Å². The summed E-state index contributed by atoms with van der Waals surface area (Å²) in [6, 6.07) is 5.76. The molecule has 2 fully saturated rings. The van der Waals surface area contributed by atoms with Crippen LogP contribution in [0.3, 0.4) is 0 Å². The lowest BCUT2D eigenvalue weighted by atomic mass is 10.1. The molecule has 2 atom stereocenters. The molecule has 2 aromatic rings. The third kappa shape index (κ3) is 2.29. The van der Waals surface area contributed by atoms with E-state index in [0.29, 0.717) is 0 Å². The molecule has 1 aliphatic heterocycles. The molecule has 0 spiro atoms. The number of fused-ring (bicyclic) bond motifs is 2. The van der Waals surface area contributed by atoms with Crippen LogP contribution in [0.15, 0.2) is 24.4 Å². The summed E-state index contributed by atoms with van der Waals surface area (Å²) in [5.41, 5.74) is 2.86. The second-order valence-corrected chi connectivity index (χ2v) is 6.38. The molecule has 5 heteroatoms. The van der Waals surface area contributed by atoms with Crippen molar-refractivity contribution in [3.05, 3.63) is 35.8 Å². The molecule has 2 bridgehead atoms.